The van der Waals surface area contributed by atoms with Crippen LogP contribution in [0.4, 0.5) is 4.79 Å². The number of aromatic nitrogens is 1. The number of likely N-dealkylation sites (tertiary alicyclic amines) is 1. The van der Waals surface area contributed by atoms with Crippen LogP contribution in [-0.2, 0) is 16.2 Å². The van der Waals surface area contributed by atoms with E-state index >= 15 is 0 Å². The van der Waals surface area contributed by atoms with Crippen molar-refractivity contribution in [2.45, 2.75) is 44.9 Å². The minimum Gasteiger partial charge on any atom is -0.488 e. The van der Waals surface area contributed by atoms with Crippen molar-refractivity contribution in [2.24, 2.45) is 5.92 Å². The fourth-order valence-corrected chi connectivity index (χ4v) is 5.47. The number of carbonyl (C=O) groups is 4. The first-order valence-electron chi connectivity index (χ1n) is 13.0. The lowest BCUT2D eigenvalue weighted by atomic mass is 9.74. The molecule has 3 N–H and O–H groups in total. The van der Waals surface area contributed by atoms with Crippen molar-refractivity contribution in [2.75, 3.05) is 13.1 Å². The number of nitrogens with one attached hydrogen (secondary N) is 3. The molecule has 0 bridgehead atoms. The smallest absolute Gasteiger partial charge is 0.322 e. The first-order valence-corrected chi connectivity index (χ1v) is 13.0. The molecule has 2 fully saturated rings. The number of ether oxygens (including phenoxy) is 1. The maximum absolute atomic E-state index is 13.4. The van der Waals surface area contributed by atoms with Gasteiger partial charge in [-0.3, -0.25) is 24.7 Å². The lowest BCUT2D eigenvalue weighted by molar-refractivity contribution is -0.131. The summed E-state index contributed by atoms with van der Waals surface area (Å²) in [5.74, 6) is -0.242. The summed E-state index contributed by atoms with van der Waals surface area (Å²) in [7, 11) is 0. The molecule has 3 aromatic rings. The Labute approximate surface area is 226 Å². The van der Waals surface area contributed by atoms with E-state index in [1.165, 1.54) is 6.92 Å². The van der Waals surface area contributed by atoms with Gasteiger partial charge in [-0.1, -0.05) is 18.2 Å². The first kappa shape index (κ1) is 26.1. The highest BCUT2D eigenvalue weighted by atomic mass is 16.5. The van der Waals surface area contributed by atoms with E-state index in [-0.39, 0.29) is 17.7 Å². The molecule has 0 spiro atoms. The van der Waals surface area contributed by atoms with Crippen LogP contribution in [0.3, 0.4) is 0 Å². The third-order valence-corrected chi connectivity index (χ3v) is 7.76. The largest absolute Gasteiger partial charge is 0.488 e. The summed E-state index contributed by atoms with van der Waals surface area (Å²) < 4.78 is 6.03. The molecule has 2 unspecified atom stereocenters. The van der Waals surface area contributed by atoms with Gasteiger partial charge in [-0.25, -0.2) is 4.79 Å². The van der Waals surface area contributed by atoms with E-state index in [2.05, 4.69) is 20.9 Å². The summed E-state index contributed by atoms with van der Waals surface area (Å²) in [5.41, 5.74) is 1.10. The van der Waals surface area contributed by atoms with Gasteiger partial charge in [0, 0.05) is 37.2 Å². The second-order valence-electron chi connectivity index (χ2n) is 10.2. The highest BCUT2D eigenvalue weighted by Crippen LogP contribution is 2.33. The van der Waals surface area contributed by atoms with E-state index in [1.807, 2.05) is 42.5 Å². The highest BCUT2D eigenvalue weighted by Gasteiger charge is 2.50. The van der Waals surface area contributed by atoms with Crippen LogP contribution in [0.2, 0.25) is 0 Å². The average Bonchev–Trinajstić information content (AvgIpc) is 3.30. The number of rotatable bonds is 7. The predicted octanol–water partition coefficient (Wildman–Crippen LogP) is 2.77. The molecule has 1 aromatic heterocycles. The molecule has 2 atom stereocenters. The van der Waals surface area contributed by atoms with Crippen molar-refractivity contribution in [3.05, 3.63) is 71.9 Å². The SMILES string of the molecule is CC(=O)N1CCC(C(C)(NC(=O)c2ccc(COc3cccc4ncccc34)cc2)C2NC(=O)NC2=O)CC1. The van der Waals surface area contributed by atoms with Crippen LogP contribution in [0.15, 0.2) is 60.8 Å². The zero-order chi connectivity index (χ0) is 27.6. The van der Waals surface area contributed by atoms with E-state index in [9.17, 15) is 19.2 Å². The molecule has 2 saturated heterocycles. The molecule has 0 radical (unpaired) electrons. The number of amides is 5. The molecule has 0 aliphatic carbocycles. The number of urea groups is 1. The number of nitrogens with zero attached hydrogens (tertiary/aromatic N) is 2. The van der Waals surface area contributed by atoms with Crippen molar-refractivity contribution >= 4 is 34.7 Å². The van der Waals surface area contributed by atoms with Crippen LogP contribution < -0.4 is 20.7 Å². The molecule has 10 nitrogen and oxygen atoms in total. The van der Waals surface area contributed by atoms with E-state index in [1.54, 1.807) is 30.2 Å². The summed E-state index contributed by atoms with van der Waals surface area (Å²) in [6.45, 7) is 4.68. The first-order chi connectivity index (χ1) is 18.7. The van der Waals surface area contributed by atoms with Gasteiger partial charge in [0.15, 0.2) is 0 Å². The van der Waals surface area contributed by atoms with Crippen molar-refractivity contribution in [3.8, 4) is 5.75 Å². The van der Waals surface area contributed by atoms with E-state index in [0.717, 1.165) is 22.2 Å². The molecule has 5 rings (SSSR count). The fourth-order valence-electron chi connectivity index (χ4n) is 5.47. The zero-order valence-electron chi connectivity index (χ0n) is 21.9. The number of hydrogen-bond acceptors (Lipinski definition) is 6. The number of pyridine rings is 1. The second kappa shape index (κ2) is 10.7. The second-order valence-corrected chi connectivity index (χ2v) is 10.2. The van der Waals surface area contributed by atoms with Crippen LogP contribution in [0, 0.1) is 5.92 Å². The van der Waals surface area contributed by atoms with Crippen LogP contribution in [0.25, 0.3) is 10.9 Å². The Kier molecular flexibility index (Phi) is 7.19. The molecule has 202 valence electrons. The average molecular weight is 530 g/mol. The van der Waals surface area contributed by atoms with Crippen LogP contribution in [0.5, 0.6) is 5.75 Å². The normalized spacial score (nSPS) is 19.2. The summed E-state index contributed by atoms with van der Waals surface area (Å²) >= 11 is 0. The van der Waals surface area contributed by atoms with Gasteiger partial charge in [-0.15, -0.1) is 0 Å². The van der Waals surface area contributed by atoms with Gasteiger partial charge >= 0.3 is 6.03 Å². The molecule has 0 saturated carbocycles. The fraction of sp³-hybridized carbons (Fsp3) is 0.345. The molecule has 10 heteroatoms. The summed E-state index contributed by atoms with van der Waals surface area (Å²) in [6, 6.07) is 15.1. The maximum Gasteiger partial charge on any atom is 0.322 e. The van der Waals surface area contributed by atoms with E-state index < -0.39 is 23.5 Å². The van der Waals surface area contributed by atoms with Crippen LogP contribution >= 0.6 is 0 Å². The Morgan fingerprint density at radius 3 is 2.49 bits per heavy atom. The third-order valence-electron chi connectivity index (χ3n) is 7.76. The Morgan fingerprint density at radius 1 is 1.08 bits per heavy atom. The lowest BCUT2D eigenvalue weighted by Crippen LogP contribution is -2.65. The molecule has 5 amide bonds. The van der Waals surface area contributed by atoms with Gasteiger partial charge in [-0.05, 0) is 67.6 Å². The molecule has 39 heavy (non-hydrogen) atoms. The van der Waals surface area contributed by atoms with E-state index in [4.69, 9.17) is 4.74 Å². The third kappa shape index (κ3) is 5.41. The summed E-state index contributed by atoms with van der Waals surface area (Å²) in [5, 5.41) is 8.93. The van der Waals surface area contributed by atoms with Crippen molar-refractivity contribution in [3.63, 3.8) is 0 Å². The number of fused-ring (bicyclic) bond motifs is 1. The van der Waals surface area contributed by atoms with Gasteiger partial charge in [-0.2, -0.15) is 0 Å². The van der Waals surface area contributed by atoms with Crippen molar-refractivity contribution < 1.29 is 23.9 Å². The Morgan fingerprint density at radius 2 is 1.82 bits per heavy atom. The number of hydrogen-bond donors (Lipinski definition) is 3. The molecule has 2 aromatic carbocycles. The monoisotopic (exact) mass is 529 g/mol. The summed E-state index contributed by atoms with van der Waals surface area (Å²) in [4.78, 5) is 55.9. The quantitative estimate of drug-likeness (QED) is 0.404. The van der Waals surface area contributed by atoms with E-state index in [0.29, 0.717) is 38.1 Å². The minimum absolute atomic E-state index is 0.00714. The van der Waals surface area contributed by atoms with Crippen LogP contribution in [-0.4, -0.2) is 58.3 Å². The summed E-state index contributed by atoms with van der Waals surface area (Å²) in [6.07, 6.45) is 2.93. The minimum atomic E-state index is -1.06. The number of benzene rings is 2. The zero-order valence-corrected chi connectivity index (χ0v) is 21.9. The highest BCUT2D eigenvalue weighted by molar-refractivity contribution is 6.05. The Hall–Kier alpha value is -4.47. The molecular weight excluding hydrogens is 498 g/mol. The number of piperidine rings is 1. The van der Waals surface area contributed by atoms with Crippen molar-refractivity contribution in [1.29, 1.82) is 0 Å². The van der Waals surface area contributed by atoms with Gasteiger partial charge in [0.05, 0.1) is 11.1 Å². The van der Waals surface area contributed by atoms with Gasteiger partial charge in [0.1, 0.15) is 18.4 Å². The molecule has 2 aliphatic heterocycles. The molecule has 3 heterocycles. The number of imide groups is 1. The maximum atomic E-state index is 13.4. The lowest BCUT2D eigenvalue weighted by Gasteiger charge is -2.45. The topological polar surface area (TPSA) is 130 Å². The van der Waals surface area contributed by atoms with Crippen LogP contribution in [0.1, 0.15) is 42.6 Å². The van der Waals surface area contributed by atoms with Gasteiger partial charge in [0.25, 0.3) is 11.8 Å². The molecular formula is C29H31N5O5. The predicted molar refractivity (Wildman–Crippen MR) is 144 cm³/mol. The standard InChI is InChI=1S/C29H31N5O5/c1-18(35)34-15-12-21(13-16-34)29(2,25-27(37)32-28(38)31-25)33-26(36)20-10-8-19(9-11-20)17-39-24-7-3-6-23-22(24)5-4-14-30-23/h3-11,14,21,25H,12-13,15-17H2,1-2H3,(H,33,36)(H2,31,32,37,38). The van der Waals surface area contributed by atoms with Crippen molar-refractivity contribution in [1.82, 2.24) is 25.8 Å². The Bertz CT molecular complexity index is 1410. The Balaban J connectivity index is 1.29. The molecule has 2 aliphatic rings. The number of carbonyl (C=O) groups excluding carboxylic acids is 4. The van der Waals surface area contributed by atoms with Gasteiger partial charge in [0.2, 0.25) is 5.91 Å². The van der Waals surface area contributed by atoms with Gasteiger partial charge < -0.3 is 20.3 Å².